The van der Waals surface area contributed by atoms with Crippen molar-refractivity contribution in [1.29, 1.82) is 5.26 Å². The number of nitrogens with zero attached hydrogens (tertiary/aromatic N) is 1. The lowest BCUT2D eigenvalue weighted by Crippen LogP contribution is -2.25. The average molecular weight is 221 g/mol. The standard InChI is InChI=1S/C12H19N3O/c13-6-2-1-3-7-15-12(16)11(9-14)8-10-4-5-10/h8,10H,1-7,13H2,(H,15,16)/b11-8+. The summed E-state index contributed by atoms with van der Waals surface area (Å²) in [4.78, 5) is 11.5. The first-order valence-electron chi connectivity index (χ1n) is 5.88. The first-order chi connectivity index (χ1) is 7.77. The predicted octanol–water partition coefficient (Wildman–Crippen LogP) is 1.09. The minimum atomic E-state index is -0.234. The Labute approximate surface area is 96.5 Å². The van der Waals surface area contributed by atoms with Gasteiger partial charge in [0, 0.05) is 6.54 Å². The molecule has 3 N–H and O–H groups in total. The maximum atomic E-state index is 11.5. The second kappa shape index (κ2) is 7.02. The Balaban J connectivity index is 2.20. The van der Waals surface area contributed by atoms with Crippen LogP contribution in [0.5, 0.6) is 0 Å². The lowest BCUT2D eigenvalue weighted by Gasteiger charge is -2.03. The van der Waals surface area contributed by atoms with Crippen LogP contribution in [0.25, 0.3) is 0 Å². The van der Waals surface area contributed by atoms with E-state index in [1.54, 1.807) is 6.08 Å². The van der Waals surface area contributed by atoms with Crippen molar-refractivity contribution in [3.63, 3.8) is 0 Å². The number of carbonyl (C=O) groups excluding carboxylic acids is 1. The van der Waals surface area contributed by atoms with Crippen LogP contribution in [-0.2, 0) is 4.79 Å². The molecule has 1 amide bonds. The van der Waals surface area contributed by atoms with E-state index in [-0.39, 0.29) is 11.5 Å². The number of rotatable bonds is 7. The van der Waals surface area contributed by atoms with Crippen molar-refractivity contribution < 1.29 is 4.79 Å². The molecule has 0 aromatic rings. The molecule has 1 saturated carbocycles. The van der Waals surface area contributed by atoms with Gasteiger partial charge in [-0.3, -0.25) is 4.79 Å². The van der Waals surface area contributed by atoms with Crippen LogP contribution in [0.1, 0.15) is 32.1 Å². The molecule has 1 fully saturated rings. The number of unbranched alkanes of at least 4 members (excludes halogenated alkanes) is 2. The average Bonchev–Trinajstić information content (AvgIpc) is 3.09. The molecule has 1 rings (SSSR count). The molecule has 0 atom stereocenters. The fraction of sp³-hybridized carbons (Fsp3) is 0.667. The van der Waals surface area contributed by atoms with Crippen LogP contribution in [0.3, 0.4) is 0 Å². The van der Waals surface area contributed by atoms with Crippen LogP contribution < -0.4 is 11.1 Å². The summed E-state index contributed by atoms with van der Waals surface area (Å²) in [6.07, 6.45) is 6.92. The highest BCUT2D eigenvalue weighted by Crippen LogP contribution is 2.31. The van der Waals surface area contributed by atoms with Gasteiger partial charge >= 0.3 is 0 Å². The van der Waals surface area contributed by atoms with Crippen molar-refractivity contribution >= 4 is 5.91 Å². The maximum absolute atomic E-state index is 11.5. The van der Waals surface area contributed by atoms with Gasteiger partial charge in [0.2, 0.25) is 0 Å². The van der Waals surface area contributed by atoms with Gasteiger partial charge in [-0.1, -0.05) is 12.5 Å². The van der Waals surface area contributed by atoms with E-state index in [1.807, 2.05) is 6.07 Å². The third-order valence-corrected chi connectivity index (χ3v) is 2.56. The predicted molar refractivity (Wildman–Crippen MR) is 62.3 cm³/mol. The molecule has 0 saturated heterocycles. The number of nitrogens with one attached hydrogen (secondary N) is 1. The first-order valence-corrected chi connectivity index (χ1v) is 5.88. The summed E-state index contributed by atoms with van der Waals surface area (Å²) in [5, 5.41) is 11.6. The molecule has 4 heteroatoms. The number of hydrogen-bond acceptors (Lipinski definition) is 3. The molecule has 16 heavy (non-hydrogen) atoms. The van der Waals surface area contributed by atoms with Gasteiger partial charge in [-0.25, -0.2) is 0 Å². The summed E-state index contributed by atoms with van der Waals surface area (Å²) in [6.45, 7) is 1.32. The lowest BCUT2D eigenvalue weighted by atomic mass is 10.2. The zero-order valence-corrected chi connectivity index (χ0v) is 9.54. The Morgan fingerprint density at radius 3 is 2.75 bits per heavy atom. The summed E-state index contributed by atoms with van der Waals surface area (Å²) < 4.78 is 0. The molecule has 1 aliphatic rings. The third-order valence-electron chi connectivity index (χ3n) is 2.56. The molecule has 4 nitrogen and oxygen atoms in total. The van der Waals surface area contributed by atoms with Crippen LogP contribution in [0.2, 0.25) is 0 Å². The number of nitriles is 1. The molecular weight excluding hydrogens is 202 g/mol. The lowest BCUT2D eigenvalue weighted by molar-refractivity contribution is -0.117. The molecule has 0 aromatic heterocycles. The number of nitrogens with two attached hydrogens (primary N) is 1. The summed E-state index contributed by atoms with van der Waals surface area (Å²) in [5.41, 5.74) is 5.63. The van der Waals surface area contributed by atoms with Crippen molar-refractivity contribution in [2.75, 3.05) is 13.1 Å². The quantitative estimate of drug-likeness (QED) is 0.384. The molecule has 0 aliphatic heterocycles. The Hall–Kier alpha value is -1.34. The molecule has 0 aromatic carbocycles. The van der Waals surface area contributed by atoms with Gasteiger partial charge in [-0.2, -0.15) is 5.26 Å². The van der Waals surface area contributed by atoms with Crippen LogP contribution >= 0.6 is 0 Å². The van der Waals surface area contributed by atoms with Crippen molar-refractivity contribution in [3.8, 4) is 6.07 Å². The van der Waals surface area contributed by atoms with E-state index in [4.69, 9.17) is 11.0 Å². The van der Waals surface area contributed by atoms with Gasteiger partial charge in [-0.15, -0.1) is 0 Å². The van der Waals surface area contributed by atoms with Crippen molar-refractivity contribution in [3.05, 3.63) is 11.6 Å². The number of amides is 1. The largest absolute Gasteiger partial charge is 0.351 e. The third kappa shape index (κ3) is 4.94. The zero-order valence-electron chi connectivity index (χ0n) is 9.54. The molecule has 0 spiro atoms. The first kappa shape index (κ1) is 12.7. The van der Waals surface area contributed by atoms with Crippen LogP contribution in [0.4, 0.5) is 0 Å². The van der Waals surface area contributed by atoms with Crippen LogP contribution in [-0.4, -0.2) is 19.0 Å². The van der Waals surface area contributed by atoms with E-state index in [2.05, 4.69) is 5.32 Å². The summed E-state index contributed by atoms with van der Waals surface area (Å²) in [6, 6.07) is 1.95. The van der Waals surface area contributed by atoms with Gasteiger partial charge in [0.25, 0.3) is 5.91 Å². The van der Waals surface area contributed by atoms with E-state index in [9.17, 15) is 4.79 Å². The highest BCUT2D eigenvalue weighted by Gasteiger charge is 2.21. The van der Waals surface area contributed by atoms with Gasteiger partial charge in [-0.05, 0) is 38.1 Å². The van der Waals surface area contributed by atoms with Gasteiger partial charge in [0.05, 0.1) is 0 Å². The number of allylic oxidation sites excluding steroid dienone is 1. The van der Waals surface area contributed by atoms with Crippen molar-refractivity contribution in [2.45, 2.75) is 32.1 Å². The van der Waals surface area contributed by atoms with Gasteiger partial charge < -0.3 is 11.1 Å². The number of carbonyl (C=O) groups is 1. The van der Waals surface area contributed by atoms with E-state index < -0.39 is 0 Å². The zero-order chi connectivity index (χ0) is 11.8. The molecule has 1 aliphatic carbocycles. The summed E-state index contributed by atoms with van der Waals surface area (Å²) >= 11 is 0. The molecule has 0 bridgehead atoms. The SMILES string of the molecule is N#C/C(=C\C1CC1)C(=O)NCCCCCN. The number of hydrogen-bond donors (Lipinski definition) is 2. The van der Waals surface area contributed by atoms with Gasteiger partial charge in [0.15, 0.2) is 0 Å². The molecule has 0 heterocycles. The Morgan fingerprint density at radius 1 is 1.44 bits per heavy atom. The fourth-order valence-corrected chi connectivity index (χ4v) is 1.41. The maximum Gasteiger partial charge on any atom is 0.261 e. The van der Waals surface area contributed by atoms with E-state index in [1.165, 1.54) is 0 Å². The molecule has 0 unspecified atom stereocenters. The second-order valence-electron chi connectivity index (χ2n) is 4.13. The summed E-state index contributed by atoms with van der Waals surface area (Å²) in [7, 11) is 0. The highest BCUT2D eigenvalue weighted by atomic mass is 16.1. The minimum Gasteiger partial charge on any atom is -0.351 e. The Bertz CT molecular complexity index is 300. The van der Waals surface area contributed by atoms with Crippen LogP contribution in [0, 0.1) is 17.2 Å². The van der Waals surface area contributed by atoms with E-state index in [0.29, 0.717) is 19.0 Å². The van der Waals surface area contributed by atoms with Crippen LogP contribution in [0.15, 0.2) is 11.6 Å². The minimum absolute atomic E-state index is 0.234. The highest BCUT2D eigenvalue weighted by molar-refractivity contribution is 5.97. The fourth-order valence-electron chi connectivity index (χ4n) is 1.41. The monoisotopic (exact) mass is 221 g/mol. The Kier molecular flexibility index (Phi) is 5.58. The smallest absolute Gasteiger partial charge is 0.261 e. The molecule has 0 radical (unpaired) electrons. The van der Waals surface area contributed by atoms with Crippen molar-refractivity contribution in [2.24, 2.45) is 11.7 Å². The Morgan fingerprint density at radius 2 is 2.19 bits per heavy atom. The second-order valence-corrected chi connectivity index (χ2v) is 4.13. The van der Waals surface area contributed by atoms with Crippen molar-refractivity contribution in [1.82, 2.24) is 5.32 Å². The molecule has 88 valence electrons. The van der Waals surface area contributed by atoms with E-state index >= 15 is 0 Å². The summed E-state index contributed by atoms with van der Waals surface area (Å²) in [5.74, 6) is 0.222. The van der Waals surface area contributed by atoms with Gasteiger partial charge in [0.1, 0.15) is 11.6 Å². The topological polar surface area (TPSA) is 78.9 Å². The normalized spacial score (nSPS) is 15.6. The molecular formula is C12H19N3O. The van der Waals surface area contributed by atoms with E-state index in [0.717, 1.165) is 32.1 Å².